The van der Waals surface area contributed by atoms with Gasteiger partial charge in [0.15, 0.2) is 5.57 Å². The van der Waals surface area contributed by atoms with Gasteiger partial charge in [-0.2, -0.15) is 5.26 Å². The van der Waals surface area contributed by atoms with Crippen molar-refractivity contribution < 1.29 is 14.3 Å². The first-order valence-electron chi connectivity index (χ1n) is 8.66. The fraction of sp³-hybridized carbons (Fsp3) is 0.190. The van der Waals surface area contributed by atoms with E-state index in [9.17, 15) is 14.9 Å². The molecule has 3 rings (SSSR count). The number of thioether (sulfide) groups is 1. The average Bonchev–Trinajstić information content (AvgIpc) is 3.01. The summed E-state index contributed by atoms with van der Waals surface area (Å²) < 4.78 is 5.01. The van der Waals surface area contributed by atoms with Crippen molar-refractivity contribution in [2.45, 2.75) is 18.6 Å². The van der Waals surface area contributed by atoms with Gasteiger partial charge in [0.25, 0.3) is 0 Å². The van der Waals surface area contributed by atoms with Gasteiger partial charge in [0.2, 0.25) is 5.91 Å². The second-order valence-electron chi connectivity index (χ2n) is 5.96. The lowest BCUT2D eigenvalue weighted by Crippen LogP contribution is -2.30. The molecule has 1 heterocycles. The monoisotopic (exact) mass is 412 g/mol. The summed E-state index contributed by atoms with van der Waals surface area (Å²) in [4.78, 5) is 26.9. The largest absolute Gasteiger partial charge is 0.462 e. The number of nitrogens with zero attached hydrogens (tertiary/aromatic N) is 2. The summed E-state index contributed by atoms with van der Waals surface area (Å²) in [7, 11) is 0. The molecule has 1 aliphatic rings. The number of carbonyl (C=O) groups is 2. The molecule has 0 spiro atoms. The number of hydrogen-bond acceptors (Lipinski definition) is 5. The van der Waals surface area contributed by atoms with E-state index in [0.717, 1.165) is 5.56 Å². The molecule has 0 radical (unpaired) electrons. The summed E-state index contributed by atoms with van der Waals surface area (Å²) >= 11 is 7.14. The number of nitriles is 1. The highest BCUT2D eigenvalue weighted by molar-refractivity contribution is 8.05. The van der Waals surface area contributed by atoms with Crippen molar-refractivity contribution in [1.82, 2.24) is 0 Å². The van der Waals surface area contributed by atoms with E-state index in [2.05, 4.69) is 0 Å². The molecule has 5 nitrogen and oxygen atoms in total. The van der Waals surface area contributed by atoms with Gasteiger partial charge in [-0.3, -0.25) is 9.69 Å². The van der Waals surface area contributed by atoms with Crippen LogP contribution in [0.3, 0.4) is 0 Å². The number of carbonyl (C=O) groups excluding carboxylic acids is 2. The first-order chi connectivity index (χ1) is 13.5. The molecule has 1 saturated heterocycles. The van der Waals surface area contributed by atoms with Gasteiger partial charge in [0, 0.05) is 10.7 Å². The zero-order valence-electron chi connectivity index (χ0n) is 15.1. The molecule has 1 amide bonds. The number of anilines is 1. The number of halogens is 1. The first-order valence-corrected chi connectivity index (χ1v) is 9.92. The Morgan fingerprint density at radius 2 is 1.89 bits per heavy atom. The van der Waals surface area contributed by atoms with Crippen LogP contribution in [-0.2, 0) is 20.7 Å². The predicted molar refractivity (Wildman–Crippen MR) is 110 cm³/mol. The van der Waals surface area contributed by atoms with Crippen molar-refractivity contribution in [2.75, 3.05) is 11.5 Å². The maximum atomic E-state index is 13.2. The molecule has 2 aromatic rings. The maximum absolute atomic E-state index is 13.2. The molecular weight excluding hydrogens is 396 g/mol. The fourth-order valence-corrected chi connectivity index (χ4v) is 4.25. The van der Waals surface area contributed by atoms with E-state index in [4.69, 9.17) is 16.3 Å². The number of amides is 1. The van der Waals surface area contributed by atoms with Crippen molar-refractivity contribution >= 4 is 40.9 Å². The third-order valence-electron chi connectivity index (χ3n) is 4.11. The lowest BCUT2D eigenvalue weighted by atomic mass is 10.1. The molecule has 142 valence electrons. The van der Waals surface area contributed by atoms with Gasteiger partial charge in [-0.15, -0.1) is 0 Å². The number of ether oxygens (including phenoxy) is 1. The third-order valence-corrected chi connectivity index (χ3v) is 5.62. The van der Waals surface area contributed by atoms with Crippen LogP contribution in [0.15, 0.2) is 65.2 Å². The smallest absolute Gasteiger partial charge is 0.351 e. The second-order valence-corrected chi connectivity index (χ2v) is 7.59. The van der Waals surface area contributed by atoms with E-state index in [1.54, 1.807) is 43.3 Å². The summed E-state index contributed by atoms with van der Waals surface area (Å²) in [5.74, 6) is -0.911. The Morgan fingerprint density at radius 3 is 2.50 bits per heavy atom. The average molecular weight is 413 g/mol. The molecule has 7 heteroatoms. The molecule has 0 N–H and O–H groups in total. The van der Waals surface area contributed by atoms with Crippen molar-refractivity contribution in [3.63, 3.8) is 0 Å². The number of hydrogen-bond donors (Lipinski definition) is 0. The summed E-state index contributed by atoms with van der Waals surface area (Å²) in [6.07, 6.45) is 0.453. The minimum atomic E-state index is -0.728. The van der Waals surface area contributed by atoms with Gasteiger partial charge in [0.05, 0.1) is 11.9 Å². The molecule has 1 unspecified atom stereocenters. The Morgan fingerprint density at radius 1 is 1.21 bits per heavy atom. The van der Waals surface area contributed by atoms with Gasteiger partial charge in [-0.25, -0.2) is 4.79 Å². The van der Waals surface area contributed by atoms with E-state index in [-0.39, 0.29) is 18.1 Å². The molecule has 0 bridgehead atoms. The topological polar surface area (TPSA) is 70.4 Å². The minimum absolute atomic E-state index is 0.148. The maximum Gasteiger partial charge on any atom is 0.351 e. The van der Waals surface area contributed by atoms with Crippen LogP contribution < -0.4 is 4.90 Å². The molecule has 1 aliphatic heterocycles. The highest BCUT2D eigenvalue weighted by Gasteiger charge is 2.41. The third kappa shape index (κ3) is 4.22. The van der Waals surface area contributed by atoms with E-state index in [0.29, 0.717) is 22.2 Å². The molecule has 28 heavy (non-hydrogen) atoms. The molecule has 1 fully saturated rings. The van der Waals surface area contributed by atoms with Crippen molar-refractivity contribution in [2.24, 2.45) is 0 Å². The summed E-state index contributed by atoms with van der Waals surface area (Å²) in [6, 6.07) is 18.1. The Balaban J connectivity index is 2.01. The fourth-order valence-electron chi connectivity index (χ4n) is 2.82. The lowest BCUT2D eigenvalue weighted by molar-refractivity contribution is -0.138. The lowest BCUT2D eigenvalue weighted by Gasteiger charge is -2.18. The van der Waals surface area contributed by atoms with Crippen LogP contribution in [0.5, 0.6) is 0 Å². The zero-order valence-corrected chi connectivity index (χ0v) is 16.7. The number of esters is 1. The quantitative estimate of drug-likeness (QED) is 0.415. The second kappa shape index (κ2) is 8.96. The molecular formula is C21H17ClN2O3S. The molecule has 0 saturated carbocycles. The Bertz CT molecular complexity index is 952. The highest BCUT2D eigenvalue weighted by atomic mass is 35.5. The number of para-hydroxylation sites is 1. The SMILES string of the molecule is CCOC(=O)/C(C#N)=C1\SC(Cc2ccc(Cl)cc2)C(=O)N1c1ccccc1. The number of benzene rings is 2. The standard InChI is InChI=1S/C21H17ClN2O3S/c1-2-27-21(26)17(13-23)20-24(16-6-4-3-5-7-16)19(25)18(28-20)12-14-8-10-15(22)11-9-14/h3-11,18H,2,12H2,1H3/b20-17-. The van der Waals surface area contributed by atoms with Gasteiger partial charge < -0.3 is 4.74 Å². The molecule has 1 atom stereocenters. The van der Waals surface area contributed by atoms with Crippen LogP contribution in [0.4, 0.5) is 5.69 Å². The minimum Gasteiger partial charge on any atom is -0.462 e. The van der Waals surface area contributed by atoms with Crippen molar-refractivity contribution in [3.05, 3.63) is 75.8 Å². The van der Waals surface area contributed by atoms with E-state index in [1.165, 1.54) is 16.7 Å². The van der Waals surface area contributed by atoms with Crippen LogP contribution in [0.2, 0.25) is 5.02 Å². The molecule has 0 aromatic heterocycles. The van der Waals surface area contributed by atoms with Gasteiger partial charge in [0.1, 0.15) is 11.1 Å². The predicted octanol–water partition coefficient (Wildman–Crippen LogP) is 4.33. The van der Waals surface area contributed by atoms with Crippen LogP contribution in [0.25, 0.3) is 0 Å². The van der Waals surface area contributed by atoms with Crippen LogP contribution in [0, 0.1) is 11.3 Å². The van der Waals surface area contributed by atoms with Gasteiger partial charge in [-0.05, 0) is 43.2 Å². The van der Waals surface area contributed by atoms with Crippen molar-refractivity contribution in [3.8, 4) is 6.07 Å². The van der Waals surface area contributed by atoms with Crippen LogP contribution in [-0.4, -0.2) is 23.7 Å². The Kier molecular flexibility index (Phi) is 6.40. The Labute approximate surface area is 172 Å². The van der Waals surface area contributed by atoms with Gasteiger partial charge in [-0.1, -0.05) is 53.7 Å². The van der Waals surface area contributed by atoms with Crippen LogP contribution in [0.1, 0.15) is 12.5 Å². The first kappa shape index (κ1) is 20.0. The molecule has 2 aromatic carbocycles. The van der Waals surface area contributed by atoms with E-state index < -0.39 is 11.2 Å². The summed E-state index contributed by atoms with van der Waals surface area (Å²) in [6.45, 7) is 1.82. The van der Waals surface area contributed by atoms with Crippen LogP contribution >= 0.6 is 23.4 Å². The highest BCUT2D eigenvalue weighted by Crippen LogP contribution is 2.42. The van der Waals surface area contributed by atoms with Gasteiger partial charge >= 0.3 is 5.97 Å². The number of rotatable bonds is 5. The normalized spacial score (nSPS) is 18.0. The van der Waals surface area contributed by atoms with E-state index >= 15 is 0 Å². The molecule has 0 aliphatic carbocycles. The zero-order chi connectivity index (χ0) is 20.1. The Hall–Kier alpha value is -2.75. The summed E-state index contributed by atoms with van der Waals surface area (Å²) in [5, 5.41) is 10.0. The summed E-state index contributed by atoms with van der Waals surface area (Å²) in [5.41, 5.74) is 1.38. The van der Waals surface area contributed by atoms with Crippen molar-refractivity contribution in [1.29, 1.82) is 5.26 Å². The van der Waals surface area contributed by atoms with E-state index in [1.807, 2.05) is 24.3 Å².